The molecule has 0 saturated heterocycles. The highest BCUT2D eigenvalue weighted by Crippen LogP contribution is 2.32. The number of benzene rings is 1. The van der Waals surface area contributed by atoms with Crippen molar-refractivity contribution in [3.05, 3.63) is 24.3 Å². The van der Waals surface area contributed by atoms with Crippen LogP contribution in [0.3, 0.4) is 0 Å². The van der Waals surface area contributed by atoms with Crippen LogP contribution in [-0.2, 0) is 23.9 Å². The minimum atomic E-state index is -0.923. The number of amides is 5. The van der Waals surface area contributed by atoms with Gasteiger partial charge in [0.15, 0.2) is 0 Å². The molecule has 1 fully saturated rings. The van der Waals surface area contributed by atoms with Gasteiger partial charge in [-0.3, -0.25) is 24.1 Å². The molecular weight excluding hydrogens is 580 g/mol. The van der Waals surface area contributed by atoms with Crippen molar-refractivity contribution >= 4 is 47.3 Å². The molecule has 14 nitrogen and oxygen atoms in total. The molecule has 1 aliphatic heterocycles. The largest absolute Gasteiger partial charge is 0.460 e. The SMILES string of the molecule is CNC(=O)C1CCC(CNC(=O)N/N=C/[C@H](CC(=O)OC(C)(C)C)NC(=O)CN2C(=O)C(NC)CN(C)c3ccccc32)CC1. The van der Waals surface area contributed by atoms with Gasteiger partial charge in [-0.15, -0.1) is 0 Å². The Morgan fingerprint density at radius 3 is 2.36 bits per heavy atom. The van der Waals surface area contributed by atoms with Gasteiger partial charge in [0.1, 0.15) is 18.2 Å². The summed E-state index contributed by atoms with van der Waals surface area (Å²) in [5, 5.41) is 15.2. The van der Waals surface area contributed by atoms with Crippen molar-refractivity contribution in [3.8, 4) is 0 Å². The molecule has 45 heavy (non-hydrogen) atoms. The van der Waals surface area contributed by atoms with Crippen LogP contribution in [0.15, 0.2) is 29.4 Å². The summed E-state index contributed by atoms with van der Waals surface area (Å²) < 4.78 is 5.43. The van der Waals surface area contributed by atoms with E-state index in [1.165, 1.54) is 11.1 Å². The first kappa shape index (κ1) is 35.3. The van der Waals surface area contributed by atoms with E-state index in [2.05, 4.69) is 31.8 Å². The van der Waals surface area contributed by atoms with Gasteiger partial charge in [0.25, 0.3) is 0 Å². The van der Waals surface area contributed by atoms with Gasteiger partial charge >= 0.3 is 12.0 Å². The van der Waals surface area contributed by atoms with Crippen LogP contribution in [0.2, 0.25) is 0 Å². The van der Waals surface area contributed by atoms with Crippen LogP contribution in [0.5, 0.6) is 0 Å². The first-order valence-corrected chi connectivity index (χ1v) is 15.4. The maximum atomic E-state index is 13.4. The lowest BCUT2D eigenvalue weighted by Crippen LogP contribution is -2.52. The zero-order chi connectivity index (χ0) is 33.1. The Kier molecular flexibility index (Phi) is 12.7. The van der Waals surface area contributed by atoms with Crippen molar-refractivity contribution in [1.82, 2.24) is 26.7 Å². The van der Waals surface area contributed by atoms with Gasteiger partial charge in [0.2, 0.25) is 17.7 Å². The van der Waals surface area contributed by atoms with Gasteiger partial charge in [0.05, 0.1) is 23.8 Å². The van der Waals surface area contributed by atoms with E-state index in [0.717, 1.165) is 31.4 Å². The Hall–Kier alpha value is -4.20. The zero-order valence-electron chi connectivity index (χ0n) is 27.1. The Morgan fingerprint density at radius 2 is 1.73 bits per heavy atom. The summed E-state index contributed by atoms with van der Waals surface area (Å²) in [6.07, 6.45) is 4.24. The van der Waals surface area contributed by atoms with Gasteiger partial charge in [-0.25, -0.2) is 10.2 Å². The fourth-order valence-electron chi connectivity index (χ4n) is 5.55. The Balaban J connectivity index is 1.63. The number of anilines is 2. The smallest absolute Gasteiger partial charge is 0.335 e. The third-order valence-corrected chi connectivity index (χ3v) is 7.84. The number of ether oxygens (including phenoxy) is 1. The molecular formula is C31H48N8O6. The minimum absolute atomic E-state index is 0.0140. The van der Waals surface area contributed by atoms with Crippen molar-refractivity contribution in [2.45, 2.75) is 70.6 Å². The van der Waals surface area contributed by atoms with Gasteiger partial charge in [-0.2, -0.15) is 5.10 Å². The van der Waals surface area contributed by atoms with Crippen LogP contribution in [0, 0.1) is 11.8 Å². The van der Waals surface area contributed by atoms with Crippen molar-refractivity contribution in [2.75, 3.05) is 50.6 Å². The summed E-state index contributed by atoms with van der Waals surface area (Å²) in [7, 11) is 5.21. The molecule has 0 aromatic heterocycles. The predicted molar refractivity (Wildman–Crippen MR) is 172 cm³/mol. The number of urea groups is 1. The molecule has 1 aliphatic carbocycles. The molecule has 3 rings (SSSR count). The summed E-state index contributed by atoms with van der Waals surface area (Å²) >= 11 is 0. The standard InChI is InChI=1S/C31H48N8O6/c1-31(2,3)45-27(41)15-22(17-35-37-30(44)34-16-20-11-13-21(14-12-20)28(42)33-5)36-26(40)19-39-25-10-8-7-9-24(25)38(6)18-23(32-4)29(39)43/h7-10,17,20-23,32H,11-16,18-19H2,1-6H3,(H,33,42)(H,36,40)(H2,34,37,44)/b35-17+/t20?,21?,22-,23?/m0/s1. The summed E-state index contributed by atoms with van der Waals surface area (Å²) in [5.74, 6) is -1.02. The summed E-state index contributed by atoms with van der Waals surface area (Å²) in [5.41, 5.74) is 3.04. The molecule has 5 N–H and O–H groups in total. The minimum Gasteiger partial charge on any atom is -0.460 e. The average Bonchev–Trinajstić information content (AvgIpc) is 3.09. The van der Waals surface area contributed by atoms with E-state index in [-0.39, 0.29) is 36.6 Å². The number of nitrogens with one attached hydrogen (secondary N) is 5. The zero-order valence-corrected chi connectivity index (χ0v) is 27.1. The number of hydrogen-bond donors (Lipinski definition) is 5. The van der Waals surface area contributed by atoms with Crippen LogP contribution < -0.4 is 36.5 Å². The molecule has 1 aromatic carbocycles. The molecule has 1 unspecified atom stereocenters. The third kappa shape index (κ3) is 10.7. The maximum absolute atomic E-state index is 13.4. The molecule has 248 valence electrons. The van der Waals surface area contributed by atoms with Gasteiger partial charge in [-0.1, -0.05) is 12.1 Å². The number of fused-ring (bicyclic) bond motifs is 1. The monoisotopic (exact) mass is 628 g/mol. The number of likely N-dealkylation sites (N-methyl/N-ethyl adjacent to an activating group) is 2. The lowest BCUT2D eigenvalue weighted by Gasteiger charge is -2.27. The number of hydrazone groups is 1. The molecule has 2 atom stereocenters. The van der Waals surface area contributed by atoms with Crippen LogP contribution >= 0.6 is 0 Å². The molecule has 1 heterocycles. The van der Waals surface area contributed by atoms with Crippen molar-refractivity contribution in [1.29, 1.82) is 0 Å². The number of rotatable bonds is 11. The molecule has 1 aromatic rings. The first-order chi connectivity index (χ1) is 21.3. The van der Waals surface area contributed by atoms with E-state index in [9.17, 15) is 24.0 Å². The third-order valence-electron chi connectivity index (χ3n) is 7.84. The fraction of sp³-hybridized carbons (Fsp3) is 0.613. The van der Waals surface area contributed by atoms with E-state index in [1.54, 1.807) is 47.0 Å². The van der Waals surface area contributed by atoms with Gasteiger partial charge in [-0.05, 0) is 71.6 Å². The second kappa shape index (κ2) is 16.2. The van der Waals surface area contributed by atoms with Crippen LogP contribution in [-0.4, -0.2) is 94.4 Å². The molecule has 0 radical (unpaired) electrons. The number of nitrogens with zero attached hydrogens (tertiary/aromatic N) is 3. The highest BCUT2D eigenvalue weighted by Gasteiger charge is 2.33. The molecule has 2 aliphatic rings. The fourth-order valence-corrected chi connectivity index (χ4v) is 5.55. The number of carbonyl (C=O) groups excluding carboxylic acids is 5. The maximum Gasteiger partial charge on any atom is 0.335 e. The van der Waals surface area contributed by atoms with E-state index in [0.29, 0.717) is 18.8 Å². The van der Waals surface area contributed by atoms with Crippen LogP contribution in [0.1, 0.15) is 52.9 Å². The van der Waals surface area contributed by atoms with Gasteiger partial charge in [0, 0.05) is 39.3 Å². The van der Waals surface area contributed by atoms with Crippen LogP contribution in [0.25, 0.3) is 0 Å². The number of para-hydroxylation sites is 2. The Bertz CT molecular complexity index is 1240. The van der Waals surface area contributed by atoms with Crippen LogP contribution in [0.4, 0.5) is 16.2 Å². The number of hydrogen-bond acceptors (Lipinski definition) is 9. The first-order valence-electron chi connectivity index (χ1n) is 15.4. The van der Waals surface area contributed by atoms with E-state index >= 15 is 0 Å². The molecule has 0 spiro atoms. The van der Waals surface area contributed by atoms with E-state index in [1.807, 2.05) is 24.1 Å². The Morgan fingerprint density at radius 1 is 1.07 bits per heavy atom. The van der Waals surface area contributed by atoms with Crippen molar-refractivity contribution in [2.24, 2.45) is 16.9 Å². The molecule has 5 amide bonds. The number of esters is 1. The summed E-state index contributed by atoms with van der Waals surface area (Å²) in [6, 6.07) is 5.34. The average molecular weight is 629 g/mol. The lowest BCUT2D eigenvalue weighted by atomic mass is 9.81. The Labute approximate surface area is 265 Å². The lowest BCUT2D eigenvalue weighted by molar-refractivity contribution is -0.155. The molecule has 1 saturated carbocycles. The highest BCUT2D eigenvalue weighted by atomic mass is 16.6. The van der Waals surface area contributed by atoms with Crippen molar-refractivity contribution < 1.29 is 28.7 Å². The molecule has 0 bridgehead atoms. The number of carbonyl (C=O) groups is 5. The highest BCUT2D eigenvalue weighted by molar-refractivity contribution is 6.05. The normalized spacial score (nSPS) is 20.9. The second-order valence-electron chi connectivity index (χ2n) is 12.5. The van der Waals surface area contributed by atoms with E-state index < -0.39 is 35.6 Å². The summed E-state index contributed by atoms with van der Waals surface area (Å²) in [6.45, 7) is 5.78. The van der Waals surface area contributed by atoms with Gasteiger partial charge < -0.3 is 30.9 Å². The second-order valence-corrected chi connectivity index (χ2v) is 12.5. The topological polar surface area (TPSA) is 174 Å². The summed E-state index contributed by atoms with van der Waals surface area (Å²) in [4.78, 5) is 67.0. The predicted octanol–water partition coefficient (Wildman–Crippen LogP) is 1.11. The molecule has 14 heteroatoms. The van der Waals surface area contributed by atoms with Crippen molar-refractivity contribution in [3.63, 3.8) is 0 Å². The van der Waals surface area contributed by atoms with E-state index in [4.69, 9.17) is 4.74 Å². The quantitative estimate of drug-likeness (QED) is 0.138.